The van der Waals surface area contributed by atoms with Gasteiger partial charge in [-0.2, -0.15) is 0 Å². The molecule has 1 aliphatic heterocycles. The molecule has 0 saturated carbocycles. The fourth-order valence-electron chi connectivity index (χ4n) is 2.34. The molecule has 1 aromatic rings. The van der Waals surface area contributed by atoms with Gasteiger partial charge in [0.1, 0.15) is 5.75 Å². The molecule has 1 aromatic carbocycles. The molecule has 0 aliphatic carbocycles. The normalized spacial score (nSPS) is 14.5. The van der Waals surface area contributed by atoms with Gasteiger partial charge >= 0.3 is 6.36 Å². The number of ether oxygens (including phenoxy) is 1. The molecule has 0 atom stereocenters. The van der Waals surface area contributed by atoms with Crippen LogP contribution in [0, 0.1) is 0 Å². The van der Waals surface area contributed by atoms with Gasteiger partial charge in [-0.1, -0.05) is 6.07 Å². The standard InChI is InChI=1S/C15H18F3N3O3.ClH/c1-20(10-13(22)21-7-5-19-6-8-21)14(23)11-3-2-4-12(9-11)24-15(16,17)18;/h2-4,9,19H,5-8,10H2,1H3;1H. The number of alkyl halides is 3. The van der Waals surface area contributed by atoms with Crippen molar-refractivity contribution >= 4 is 24.2 Å². The molecule has 1 N–H and O–H groups in total. The van der Waals surface area contributed by atoms with Crippen LogP contribution in [0.3, 0.4) is 0 Å². The number of nitrogens with zero attached hydrogens (tertiary/aromatic N) is 2. The van der Waals surface area contributed by atoms with Crippen molar-refractivity contribution in [3.05, 3.63) is 29.8 Å². The first-order valence-corrected chi connectivity index (χ1v) is 7.36. The van der Waals surface area contributed by atoms with Crippen molar-refractivity contribution in [2.75, 3.05) is 39.8 Å². The van der Waals surface area contributed by atoms with Crippen LogP contribution < -0.4 is 10.1 Å². The van der Waals surface area contributed by atoms with E-state index in [2.05, 4.69) is 10.1 Å². The molecular formula is C15H19ClF3N3O3. The molecule has 1 saturated heterocycles. The molecule has 6 nitrogen and oxygen atoms in total. The van der Waals surface area contributed by atoms with Gasteiger partial charge in [0.15, 0.2) is 0 Å². The summed E-state index contributed by atoms with van der Waals surface area (Å²) in [5.41, 5.74) is 0.0207. The van der Waals surface area contributed by atoms with Crippen LogP contribution in [0.2, 0.25) is 0 Å². The number of likely N-dealkylation sites (N-methyl/N-ethyl adjacent to an activating group) is 1. The van der Waals surface area contributed by atoms with Gasteiger partial charge in [0.05, 0.1) is 6.54 Å². The summed E-state index contributed by atoms with van der Waals surface area (Å²) >= 11 is 0. The quantitative estimate of drug-likeness (QED) is 0.859. The Morgan fingerprint density at radius 1 is 1.28 bits per heavy atom. The fraction of sp³-hybridized carbons (Fsp3) is 0.467. The van der Waals surface area contributed by atoms with Gasteiger partial charge in [-0.25, -0.2) is 0 Å². The second-order valence-electron chi connectivity index (χ2n) is 5.37. The molecule has 0 bridgehead atoms. The minimum Gasteiger partial charge on any atom is -0.406 e. The lowest BCUT2D eigenvalue weighted by atomic mass is 10.2. The maximum Gasteiger partial charge on any atom is 0.573 e. The molecule has 2 amide bonds. The predicted octanol–water partition coefficient (Wildman–Crippen LogP) is 1.51. The van der Waals surface area contributed by atoms with Gasteiger partial charge in [-0.3, -0.25) is 9.59 Å². The van der Waals surface area contributed by atoms with E-state index in [4.69, 9.17) is 0 Å². The monoisotopic (exact) mass is 381 g/mol. The summed E-state index contributed by atoms with van der Waals surface area (Å²) in [5.74, 6) is -1.23. The molecule has 10 heteroatoms. The number of halogens is 4. The molecular weight excluding hydrogens is 363 g/mol. The first-order valence-electron chi connectivity index (χ1n) is 7.36. The first-order chi connectivity index (χ1) is 11.3. The molecule has 2 rings (SSSR count). The van der Waals surface area contributed by atoms with Crippen LogP contribution in [0.4, 0.5) is 13.2 Å². The Hall–Kier alpha value is -2.00. The predicted molar refractivity (Wildman–Crippen MR) is 86.8 cm³/mol. The average Bonchev–Trinajstić information content (AvgIpc) is 2.53. The molecule has 1 fully saturated rings. The lowest BCUT2D eigenvalue weighted by Crippen LogP contribution is -2.49. The second-order valence-corrected chi connectivity index (χ2v) is 5.37. The summed E-state index contributed by atoms with van der Waals surface area (Å²) in [5, 5.41) is 3.12. The lowest BCUT2D eigenvalue weighted by molar-refractivity contribution is -0.274. The Labute approximate surface area is 149 Å². The highest BCUT2D eigenvalue weighted by atomic mass is 35.5. The lowest BCUT2D eigenvalue weighted by Gasteiger charge is -2.29. The molecule has 1 aliphatic rings. The number of nitrogens with one attached hydrogen (secondary N) is 1. The van der Waals surface area contributed by atoms with Crippen molar-refractivity contribution in [2.45, 2.75) is 6.36 Å². The minimum absolute atomic E-state index is 0. The molecule has 0 aromatic heterocycles. The van der Waals surface area contributed by atoms with Crippen LogP contribution in [0.15, 0.2) is 24.3 Å². The highest BCUT2D eigenvalue weighted by molar-refractivity contribution is 5.96. The van der Waals surface area contributed by atoms with E-state index in [1.165, 1.54) is 24.1 Å². The molecule has 0 spiro atoms. The summed E-state index contributed by atoms with van der Waals surface area (Å²) in [6.07, 6.45) is -4.83. The van der Waals surface area contributed by atoms with Crippen molar-refractivity contribution in [2.24, 2.45) is 0 Å². The summed E-state index contributed by atoms with van der Waals surface area (Å²) in [4.78, 5) is 27.2. The van der Waals surface area contributed by atoms with Crippen molar-refractivity contribution in [3.8, 4) is 5.75 Å². The van der Waals surface area contributed by atoms with Crippen LogP contribution in [0.5, 0.6) is 5.75 Å². The summed E-state index contributed by atoms with van der Waals surface area (Å²) in [7, 11) is 1.43. The van der Waals surface area contributed by atoms with Crippen LogP contribution in [-0.4, -0.2) is 67.7 Å². The van der Waals surface area contributed by atoms with E-state index >= 15 is 0 Å². The van der Waals surface area contributed by atoms with Gasteiger partial charge in [0.25, 0.3) is 5.91 Å². The maximum absolute atomic E-state index is 12.3. The maximum atomic E-state index is 12.3. The Morgan fingerprint density at radius 2 is 1.92 bits per heavy atom. The highest BCUT2D eigenvalue weighted by Crippen LogP contribution is 2.23. The third-order valence-electron chi connectivity index (χ3n) is 3.50. The zero-order valence-electron chi connectivity index (χ0n) is 13.5. The zero-order chi connectivity index (χ0) is 17.7. The molecule has 140 valence electrons. The van der Waals surface area contributed by atoms with Crippen molar-refractivity contribution in [1.29, 1.82) is 0 Å². The largest absolute Gasteiger partial charge is 0.573 e. The van der Waals surface area contributed by atoms with Crippen LogP contribution in [0.25, 0.3) is 0 Å². The number of carbonyl (C=O) groups excluding carboxylic acids is 2. The Balaban J connectivity index is 0.00000312. The number of piperazine rings is 1. The van der Waals surface area contributed by atoms with Gasteiger partial charge in [-0.05, 0) is 18.2 Å². The highest BCUT2D eigenvalue weighted by Gasteiger charge is 2.31. The molecule has 0 radical (unpaired) electrons. The first kappa shape index (κ1) is 21.0. The second kappa shape index (κ2) is 8.91. The number of hydrogen-bond acceptors (Lipinski definition) is 4. The zero-order valence-corrected chi connectivity index (χ0v) is 14.3. The van der Waals surface area contributed by atoms with E-state index in [-0.39, 0.29) is 30.4 Å². The molecule has 25 heavy (non-hydrogen) atoms. The summed E-state index contributed by atoms with van der Waals surface area (Å²) in [6.45, 7) is 2.38. The van der Waals surface area contributed by atoms with Gasteiger partial charge < -0.3 is 19.9 Å². The number of amides is 2. The van der Waals surface area contributed by atoms with E-state index < -0.39 is 18.0 Å². The van der Waals surface area contributed by atoms with Crippen LogP contribution >= 0.6 is 12.4 Å². The number of rotatable bonds is 4. The molecule has 1 heterocycles. The Kier molecular flexibility index (Phi) is 7.50. The minimum atomic E-state index is -4.83. The van der Waals surface area contributed by atoms with E-state index in [1.807, 2.05) is 0 Å². The summed E-state index contributed by atoms with van der Waals surface area (Å²) in [6, 6.07) is 4.77. The van der Waals surface area contributed by atoms with Crippen molar-refractivity contribution in [3.63, 3.8) is 0 Å². The SMILES string of the molecule is CN(CC(=O)N1CCNCC1)C(=O)c1cccc(OC(F)(F)F)c1.Cl. The van der Waals surface area contributed by atoms with E-state index in [0.29, 0.717) is 26.2 Å². The van der Waals surface area contributed by atoms with Gasteiger partial charge in [-0.15, -0.1) is 25.6 Å². The fourth-order valence-corrected chi connectivity index (χ4v) is 2.34. The number of hydrogen-bond donors (Lipinski definition) is 1. The van der Waals surface area contributed by atoms with Crippen molar-refractivity contribution < 1.29 is 27.5 Å². The Bertz CT molecular complexity index is 607. The Morgan fingerprint density at radius 3 is 2.52 bits per heavy atom. The molecule has 0 unspecified atom stereocenters. The van der Waals surface area contributed by atoms with E-state index in [9.17, 15) is 22.8 Å². The van der Waals surface area contributed by atoms with E-state index in [0.717, 1.165) is 12.1 Å². The number of benzene rings is 1. The topological polar surface area (TPSA) is 61.9 Å². The third-order valence-corrected chi connectivity index (χ3v) is 3.50. The van der Waals surface area contributed by atoms with Gasteiger partial charge in [0, 0.05) is 38.8 Å². The third kappa shape index (κ3) is 6.43. The van der Waals surface area contributed by atoms with Crippen LogP contribution in [-0.2, 0) is 4.79 Å². The van der Waals surface area contributed by atoms with E-state index in [1.54, 1.807) is 4.90 Å². The van der Waals surface area contributed by atoms with Gasteiger partial charge in [0.2, 0.25) is 5.91 Å². The summed E-state index contributed by atoms with van der Waals surface area (Å²) < 4.78 is 40.5. The van der Waals surface area contributed by atoms with Crippen molar-refractivity contribution in [1.82, 2.24) is 15.1 Å². The number of carbonyl (C=O) groups is 2. The van der Waals surface area contributed by atoms with Crippen LogP contribution in [0.1, 0.15) is 10.4 Å². The average molecular weight is 382 g/mol. The smallest absolute Gasteiger partial charge is 0.406 e.